The van der Waals surface area contributed by atoms with Crippen molar-refractivity contribution in [1.29, 1.82) is 5.26 Å². The second-order valence-corrected chi connectivity index (χ2v) is 5.95. The van der Waals surface area contributed by atoms with Crippen LogP contribution >= 0.6 is 0 Å². The van der Waals surface area contributed by atoms with Gasteiger partial charge in [-0.25, -0.2) is 0 Å². The number of anilines is 1. The van der Waals surface area contributed by atoms with Gasteiger partial charge in [-0.2, -0.15) is 5.26 Å². The molecule has 2 atom stereocenters. The summed E-state index contributed by atoms with van der Waals surface area (Å²) in [6, 6.07) is 16.8. The molecule has 122 valence electrons. The van der Waals surface area contributed by atoms with Gasteiger partial charge in [-0.05, 0) is 29.3 Å². The molecule has 3 rings (SSSR count). The van der Waals surface area contributed by atoms with Crippen molar-refractivity contribution in [3.63, 3.8) is 0 Å². The Morgan fingerprint density at radius 2 is 2.12 bits per heavy atom. The van der Waals surface area contributed by atoms with Gasteiger partial charge < -0.3 is 15.7 Å². The highest BCUT2D eigenvalue weighted by atomic mass is 16.3. The van der Waals surface area contributed by atoms with E-state index in [0.29, 0.717) is 30.6 Å². The van der Waals surface area contributed by atoms with E-state index in [4.69, 9.17) is 5.26 Å². The maximum absolute atomic E-state index is 11.8. The van der Waals surface area contributed by atoms with Crippen LogP contribution in [0.25, 0.3) is 0 Å². The highest BCUT2D eigenvalue weighted by Gasteiger charge is 2.24. The van der Waals surface area contributed by atoms with E-state index in [0.717, 1.165) is 11.3 Å². The van der Waals surface area contributed by atoms with Crippen molar-refractivity contribution < 1.29 is 9.90 Å². The Bertz CT molecular complexity index is 782. The number of fused-ring (bicyclic) bond motifs is 1. The number of aliphatic hydroxyl groups excluding tert-OH is 1. The molecular formula is C19H19N3O2. The number of hydrogen-bond donors (Lipinski definition) is 3. The van der Waals surface area contributed by atoms with Gasteiger partial charge in [0.1, 0.15) is 0 Å². The number of para-hydroxylation sites is 1. The topological polar surface area (TPSA) is 85.2 Å². The Balaban J connectivity index is 1.60. The Kier molecular flexibility index (Phi) is 4.90. The van der Waals surface area contributed by atoms with Crippen LogP contribution in [0.2, 0.25) is 0 Å². The molecule has 2 unspecified atom stereocenters. The Labute approximate surface area is 140 Å². The average molecular weight is 321 g/mol. The minimum atomic E-state index is -0.689. The molecule has 0 aliphatic carbocycles. The summed E-state index contributed by atoms with van der Waals surface area (Å²) >= 11 is 0. The van der Waals surface area contributed by atoms with Crippen LogP contribution in [0.1, 0.15) is 35.1 Å². The molecule has 0 aromatic heterocycles. The van der Waals surface area contributed by atoms with E-state index in [1.54, 1.807) is 24.3 Å². The molecule has 0 saturated carbocycles. The van der Waals surface area contributed by atoms with Gasteiger partial charge in [0.05, 0.1) is 17.7 Å². The van der Waals surface area contributed by atoms with Crippen LogP contribution in [0.4, 0.5) is 5.69 Å². The summed E-state index contributed by atoms with van der Waals surface area (Å²) in [5, 5.41) is 25.3. The third-order valence-corrected chi connectivity index (χ3v) is 4.24. The van der Waals surface area contributed by atoms with Crippen molar-refractivity contribution >= 4 is 11.6 Å². The fourth-order valence-electron chi connectivity index (χ4n) is 3.01. The summed E-state index contributed by atoms with van der Waals surface area (Å²) in [5.41, 5.74) is 3.22. The molecule has 1 amide bonds. The maximum Gasteiger partial charge on any atom is 0.225 e. The zero-order valence-corrected chi connectivity index (χ0v) is 13.2. The van der Waals surface area contributed by atoms with Crippen molar-refractivity contribution in [2.75, 3.05) is 18.4 Å². The fraction of sp³-hybridized carbons (Fsp3) is 0.263. The molecule has 1 heterocycles. The summed E-state index contributed by atoms with van der Waals surface area (Å²) < 4.78 is 0. The molecule has 2 aromatic carbocycles. The van der Waals surface area contributed by atoms with Gasteiger partial charge in [-0.1, -0.05) is 30.3 Å². The number of aliphatic hydroxyl groups is 1. The van der Waals surface area contributed by atoms with E-state index in [9.17, 15) is 9.90 Å². The van der Waals surface area contributed by atoms with E-state index in [-0.39, 0.29) is 11.8 Å². The van der Waals surface area contributed by atoms with E-state index in [1.807, 2.05) is 24.3 Å². The van der Waals surface area contributed by atoms with E-state index < -0.39 is 6.10 Å². The van der Waals surface area contributed by atoms with Gasteiger partial charge in [0.25, 0.3) is 0 Å². The molecule has 2 aromatic rings. The summed E-state index contributed by atoms with van der Waals surface area (Å²) in [7, 11) is 0. The number of amides is 1. The van der Waals surface area contributed by atoms with Crippen LogP contribution in [0, 0.1) is 11.3 Å². The molecule has 0 fully saturated rings. The molecule has 5 heteroatoms. The van der Waals surface area contributed by atoms with Gasteiger partial charge >= 0.3 is 0 Å². The summed E-state index contributed by atoms with van der Waals surface area (Å²) in [4.78, 5) is 11.8. The quantitative estimate of drug-likeness (QED) is 0.789. The van der Waals surface area contributed by atoms with Crippen LogP contribution in [0.3, 0.4) is 0 Å². The highest BCUT2D eigenvalue weighted by molar-refractivity contribution is 5.94. The van der Waals surface area contributed by atoms with E-state index in [2.05, 4.69) is 16.7 Å². The number of benzene rings is 2. The average Bonchev–Trinajstić information content (AvgIpc) is 2.61. The first-order valence-electron chi connectivity index (χ1n) is 7.95. The lowest BCUT2D eigenvalue weighted by molar-refractivity contribution is -0.116. The lowest BCUT2D eigenvalue weighted by Gasteiger charge is -2.26. The standard InChI is InChI=1S/C19H19N3O2/c20-10-13-4-3-5-14(8-13)18(23)12-21-11-15-9-19(24)22-17-7-2-1-6-16(15)17/h1-8,15,18,21,23H,9,11-12H2,(H,22,24). The highest BCUT2D eigenvalue weighted by Crippen LogP contribution is 2.31. The minimum absolute atomic E-state index is 0.0165. The predicted molar refractivity (Wildman–Crippen MR) is 91.4 cm³/mol. The van der Waals surface area contributed by atoms with Crippen LogP contribution in [-0.4, -0.2) is 24.1 Å². The van der Waals surface area contributed by atoms with Gasteiger partial charge in [0.15, 0.2) is 0 Å². The van der Waals surface area contributed by atoms with Crippen molar-refractivity contribution in [2.24, 2.45) is 0 Å². The maximum atomic E-state index is 11.8. The summed E-state index contributed by atoms with van der Waals surface area (Å²) in [5.74, 6) is 0.107. The number of hydrogen-bond acceptors (Lipinski definition) is 4. The lowest BCUT2D eigenvalue weighted by Crippen LogP contribution is -2.31. The van der Waals surface area contributed by atoms with E-state index >= 15 is 0 Å². The van der Waals surface area contributed by atoms with Gasteiger partial charge in [-0.3, -0.25) is 4.79 Å². The third kappa shape index (κ3) is 3.62. The lowest BCUT2D eigenvalue weighted by atomic mass is 9.90. The largest absolute Gasteiger partial charge is 0.387 e. The number of nitrogens with one attached hydrogen (secondary N) is 2. The minimum Gasteiger partial charge on any atom is -0.387 e. The fourth-order valence-corrected chi connectivity index (χ4v) is 3.01. The monoisotopic (exact) mass is 321 g/mol. The predicted octanol–water partition coefficient (Wildman–Crippen LogP) is 2.31. The van der Waals surface area contributed by atoms with Crippen LogP contribution in [-0.2, 0) is 4.79 Å². The molecule has 24 heavy (non-hydrogen) atoms. The molecular weight excluding hydrogens is 302 g/mol. The van der Waals surface area contributed by atoms with Crippen molar-refractivity contribution in [2.45, 2.75) is 18.4 Å². The second-order valence-electron chi connectivity index (χ2n) is 5.95. The number of nitriles is 1. The molecule has 0 bridgehead atoms. The van der Waals surface area contributed by atoms with Crippen LogP contribution in [0.15, 0.2) is 48.5 Å². The number of carbonyl (C=O) groups is 1. The smallest absolute Gasteiger partial charge is 0.225 e. The Morgan fingerprint density at radius 1 is 1.29 bits per heavy atom. The Hall–Kier alpha value is -2.68. The Morgan fingerprint density at radius 3 is 2.96 bits per heavy atom. The molecule has 0 spiro atoms. The molecule has 3 N–H and O–H groups in total. The third-order valence-electron chi connectivity index (χ3n) is 4.24. The molecule has 0 radical (unpaired) electrons. The van der Waals surface area contributed by atoms with Gasteiger partial charge in [0.2, 0.25) is 5.91 Å². The van der Waals surface area contributed by atoms with Crippen molar-refractivity contribution in [3.05, 3.63) is 65.2 Å². The second kappa shape index (κ2) is 7.26. The molecule has 0 saturated heterocycles. The van der Waals surface area contributed by atoms with Crippen molar-refractivity contribution in [3.8, 4) is 6.07 Å². The first kappa shape index (κ1) is 16.2. The molecule has 1 aliphatic heterocycles. The molecule has 1 aliphatic rings. The van der Waals surface area contributed by atoms with Crippen LogP contribution in [0.5, 0.6) is 0 Å². The zero-order valence-electron chi connectivity index (χ0n) is 13.2. The number of rotatable bonds is 5. The molecule has 5 nitrogen and oxygen atoms in total. The first-order valence-corrected chi connectivity index (χ1v) is 7.95. The number of carbonyl (C=O) groups excluding carboxylic acids is 1. The SMILES string of the molecule is N#Cc1cccc(C(O)CNCC2CC(=O)Nc3ccccc32)c1. The van der Waals surface area contributed by atoms with Crippen LogP contribution < -0.4 is 10.6 Å². The van der Waals surface area contributed by atoms with Crippen molar-refractivity contribution in [1.82, 2.24) is 5.32 Å². The normalized spacial score (nSPS) is 17.5. The first-order chi connectivity index (χ1) is 11.7. The van der Waals surface area contributed by atoms with Gasteiger partial charge in [0, 0.05) is 31.1 Å². The van der Waals surface area contributed by atoms with Gasteiger partial charge in [-0.15, -0.1) is 0 Å². The van der Waals surface area contributed by atoms with E-state index in [1.165, 1.54) is 0 Å². The zero-order chi connectivity index (χ0) is 16.9. The summed E-state index contributed by atoms with van der Waals surface area (Å²) in [6.07, 6.45) is -0.254. The number of nitrogens with zero attached hydrogens (tertiary/aromatic N) is 1. The summed E-state index contributed by atoms with van der Waals surface area (Å²) in [6.45, 7) is 0.981.